The molecule has 130 valence electrons. The van der Waals surface area contributed by atoms with E-state index in [-0.39, 0.29) is 5.91 Å². The van der Waals surface area contributed by atoms with E-state index < -0.39 is 0 Å². The number of carbonyl (C=O) groups is 1. The van der Waals surface area contributed by atoms with Gasteiger partial charge in [0.25, 0.3) is 5.91 Å². The van der Waals surface area contributed by atoms with Crippen molar-refractivity contribution in [3.8, 4) is 0 Å². The number of unbranched alkanes of at least 4 members (excludes halogenated alkanes) is 1. The van der Waals surface area contributed by atoms with Crippen LogP contribution in [-0.2, 0) is 0 Å². The highest BCUT2D eigenvalue weighted by atomic mass is 32.1. The number of thiophene rings is 1. The SMILES string of the molecule is CCCCNC(=O)c1sc2ncnc(N3CCCCC3C)c2c1C. The average molecular weight is 347 g/mol. The van der Waals surface area contributed by atoms with E-state index in [1.54, 1.807) is 6.33 Å². The Balaban J connectivity index is 1.96. The van der Waals surface area contributed by atoms with Crippen LogP contribution < -0.4 is 10.2 Å². The second-order valence-electron chi connectivity index (χ2n) is 6.58. The molecule has 1 unspecified atom stereocenters. The van der Waals surface area contributed by atoms with Crippen molar-refractivity contribution < 1.29 is 4.79 Å². The molecule has 1 aliphatic heterocycles. The lowest BCUT2D eigenvalue weighted by atomic mass is 10.0. The Bertz CT molecular complexity index is 727. The summed E-state index contributed by atoms with van der Waals surface area (Å²) < 4.78 is 0. The predicted octanol–water partition coefficient (Wildman–Crippen LogP) is 3.91. The van der Waals surface area contributed by atoms with Gasteiger partial charge in [-0.15, -0.1) is 11.3 Å². The number of hydrogen-bond donors (Lipinski definition) is 1. The molecule has 1 aliphatic rings. The minimum absolute atomic E-state index is 0.0154. The molecule has 0 aliphatic carbocycles. The first kappa shape index (κ1) is 17.1. The Labute approximate surface area is 147 Å². The molecular weight excluding hydrogens is 320 g/mol. The number of aryl methyl sites for hydroxylation is 1. The van der Waals surface area contributed by atoms with Crippen molar-refractivity contribution in [3.05, 3.63) is 16.8 Å². The molecule has 0 aromatic carbocycles. The number of piperidine rings is 1. The summed E-state index contributed by atoms with van der Waals surface area (Å²) in [6, 6.07) is 0.484. The van der Waals surface area contributed by atoms with Gasteiger partial charge in [0.15, 0.2) is 0 Å². The molecule has 3 heterocycles. The van der Waals surface area contributed by atoms with Gasteiger partial charge in [-0.25, -0.2) is 9.97 Å². The van der Waals surface area contributed by atoms with Crippen molar-refractivity contribution in [2.45, 2.75) is 58.9 Å². The summed E-state index contributed by atoms with van der Waals surface area (Å²) in [6.45, 7) is 8.16. The van der Waals surface area contributed by atoms with Crippen LogP contribution >= 0.6 is 11.3 Å². The summed E-state index contributed by atoms with van der Waals surface area (Å²) in [5.41, 5.74) is 1.01. The number of nitrogens with one attached hydrogen (secondary N) is 1. The first-order valence-electron chi connectivity index (χ1n) is 8.92. The zero-order valence-corrected chi connectivity index (χ0v) is 15.6. The van der Waals surface area contributed by atoms with Crippen LogP contribution in [0.2, 0.25) is 0 Å². The van der Waals surface area contributed by atoms with Crippen molar-refractivity contribution in [2.24, 2.45) is 0 Å². The van der Waals surface area contributed by atoms with Crippen molar-refractivity contribution >= 4 is 33.3 Å². The summed E-state index contributed by atoms with van der Waals surface area (Å²) in [5, 5.41) is 4.07. The zero-order valence-electron chi connectivity index (χ0n) is 14.8. The Morgan fingerprint density at radius 3 is 3.00 bits per heavy atom. The van der Waals surface area contributed by atoms with Crippen molar-refractivity contribution in [1.82, 2.24) is 15.3 Å². The average Bonchev–Trinajstić information content (AvgIpc) is 2.93. The summed E-state index contributed by atoms with van der Waals surface area (Å²) in [5.74, 6) is 1.01. The van der Waals surface area contributed by atoms with Crippen LogP contribution in [0.3, 0.4) is 0 Å². The summed E-state index contributed by atoms with van der Waals surface area (Å²) in [4.78, 5) is 25.6. The van der Waals surface area contributed by atoms with Gasteiger partial charge in [0, 0.05) is 19.1 Å². The second-order valence-corrected chi connectivity index (χ2v) is 7.58. The Hall–Kier alpha value is -1.69. The molecule has 0 saturated carbocycles. The zero-order chi connectivity index (χ0) is 17.1. The topological polar surface area (TPSA) is 58.1 Å². The number of nitrogens with zero attached hydrogens (tertiary/aromatic N) is 3. The number of amides is 1. The molecule has 2 aromatic heterocycles. The van der Waals surface area contributed by atoms with Gasteiger partial charge in [-0.2, -0.15) is 0 Å². The molecule has 3 rings (SSSR count). The summed E-state index contributed by atoms with van der Waals surface area (Å²) in [7, 11) is 0. The van der Waals surface area contributed by atoms with E-state index in [0.29, 0.717) is 6.04 Å². The van der Waals surface area contributed by atoms with Gasteiger partial charge >= 0.3 is 0 Å². The van der Waals surface area contributed by atoms with Crippen LogP contribution in [0.4, 0.5) is 5.82 Å². The van der Waals surface area contributed by atoms with E-state index in [9.17, 15) is 4.79 Å². The summed E-state index contributed by atoms with van der Waals surface area (Å²) >= 11 is 1.48. The smallest absolute Gasteiger partial charge is 0.261 e. The van der Waals surface area contributed by atoms with Crippen LogP contribution in [0.1, 0.15) is 61.2 Å². The Morgan fingerprint density at radius 2 is 2.25 bits per heavy atom. The van der Waals surface area contributed by atoms with E-state index in [1.807, 2.05) is 6.92 Å². The lowest BCUT2D eigenvalue weighted by Crippen LogP contribution is -2.38. The lowest BCUT2D eigenvalue weighted by Gasteiger charge is -2.34. The van der Waals surface area contributed by atoms with Gasteiger partial charge in [-0.05, 0) is 45.1 Å². The fraction of sp³-hybridized carbons (Fsp3) is 0.611. The van der Waals surface area contributed by atoms with Gasteiger partial charge in [0.05, 0.1) is 10.3 Å². The largest absolute Gasteiger partial charge is 0.353 e. The molecule has 5 nitrogen and oxygen atoms in total. The summed E-state index contributed by atoms with van der Waals surface area (Å²) in [6.07, 6.45) is 7.38. The fourth-order valence-corrected chi connectivity index (χ4v) is 4.42. The molecule has 1 amide bonds. The number of fused-ring (bicyclic) bond motifs is 1. The van der Waals surface area contributed by atoms with E-state index >= 15 is 0 Å². The molecule has 0 radical (unpaired) electrons. The van der Waals surface area contributed by atoms with E-state index in [2.05, 4.69) is 34.0 Å². The van der Waals surface area contributed by atoms with E-state index in [4.69, 9.17) is 0 Å². The van der Waals surface area contributed by atoms with Crippen molar-refractivity contribution in [3.63, 3.8) is 0 Å². The number of hydrogen-bond acceptors (Lipinski definition) is 5. The second kappa shape index (κ2) is 7.47. The first-order chi connectivity index (χ1) is 11.6. The minimum atomic E-state index is 0.0154. The maximum atomic E-state index is 12.5. The van der Waals surface area contributed by atoms with Gasteiger partial charge < -0.3 is 10.2 Å². The third kappa shape index (κ3) is 3.24. The normalized spacial score (nSPS) is 18.1. The molecule has 1 atom stereocenters. The standard InChI is InChI=1S/C18H26N4OS/c1-4-5-9-19-17(23)15-13(3)14-16(20-11-21-18(14)24-15)22-10-7-6-8-12(22)2/h11-12H,4-10H2,1-3H3,(H,19,23). The monoisotopic (exact) mass is 346 g/mol. The Morgan fingerprint density at radius 1 is 1.42 bits per heavy atom. The molecule has 6 heteroatoms. The molecule has 0 spiro atoms. The van der Waals surface area contributed by atoms with Crippen LogP contribution in [0, 0.1) is 6.92 Å². The third-order valence-electron chi connectivity index (χ3n) is 4.80. The molecule has 1 fully saturated rings. The number of anilines is 1. The van der Waals surface area contributed by atoms with Crippen LogP contribution in [0.5, 0.6) is 0 Å². The maximum Gasteiger partial charge on any atom is 0.261 e. The van der Waals surface area contributed by atoms with Crippen LogP contribution in [0.25, 0.3) is 10.2 Å². The molecule has 1 N–H and O–H groups in total. The quantitative estimate of drug-likeness (QED) is 0.834. The predicted molar refractivity (Wildman–Crippen MR) is 100 cm³/mol. The van der Waals surface area contributed by atoms with E-state index in [1.165, 1.54) is 30.6 Å². The molecule has 24 heavy (non-hydrogen) atoms. The number of aromatic nitrogens is 2. The van der Waals surface area contributed by atoms with Crippen LogP contribution in [0.15, 0.2) is 6.33 Å². The molecule has 1 saturated heterocycles. The number of rotatable bonds is 5. The highest BCUT2D eigenvalue weighted by molar-refractivity contribution is 7.20. The molecule has 0 bridgehead atoms. The maximum absolute atomic E-state index is 12.5. The fourth-order valence-electron chi connectivity index (χ4n) is 3.36. The Kier molecular flexibility index (Phi) is 5.33. The number of carbonyl (C=O) groups excluding carboxylic acids is 1. The molecular formula is C18H26N4OS. The van der Waals surface area contributed by atoms with E-state index in [0.717, 1.165) is 52.4 Å². The highest BCUT2D eigenvalue weighted by Crippen LogP contribution is 2.36. The third-order valence-corrected chi connectivity index (χ3v) is 6.00. The minimum Gasteiger partial charge on any atom is -0.353 e. The van der Waals surface area contributed by atoms with Crippen molar-refractivity contribution in [1.29, 1.82) is 0 Å². The lowest BCUT2D eigenvalue weighted by molar-refractivity contribution is 0.0957. The highest BCUT2D eigenvalue weighted by Gasteiger charge is 2.25. The first-order valence-corrected chi connectivity index (χ1v) is 9.74. The van der Waals surface area contributed by atoms with Crippen molar-refractivity contribution in [2.75, 3.05) is 18.0 Å². The van der Waals surface area contributed by atoms with Gasteiger partial charge in [-0.3, -0.25) is 4.79 Å². The van der Waals surface area contributed by atoms with Crippen LogP contribution in [-0.4, -0.2) is 35.0 Å². The molecule has 2 aromatic rings. The van der Waals surface area contributed by atoms with Gasteiger partial charge in [0.1, 0.15) is 17.0 Å². The van der Waals surface area contributed by atoms with Gasteiger partial charge in [0.2, 0.25) is 0 Å². The van der Waals surface area contributed by atoms with Gasteiger partial charge in [-0.1, -0.05) is 13.3 Å².